The Morgan fingerprint density at radius 2 is 1.94 bits per heavy atom. The molecule has 1 heterocycles. The van der Waals surface area contributed by atoms with Gasteiger partial charge in [0, 0.05) is 6.04 Å². The van der Waals surface area contributed by atoms with E-state index in [2.05, 4.69) is 53.7 Å². The van der Waals surface area contributed by atoms with Gasteiger partial charge in [0.15, 0.2) is 5.82 Å². The summed E-state index contributed by atoms with van der Waals surface area (Å²) in [6, 6.07) is 8.73. The molecule has 0 bridgehead atoms. The molecule has 0 aliphatic heterocycles. The smallest absolute Gasteiger partial charge is 0.170 e. The van der Waals surface area contributed by atoms with Crippen LogP contribution in [0.25, 0.3) is 5.69 Å². The molecular weight excluding hydrogens is 226 g/mol. The SMILES string of the molecule is CCc1ccc(-n2nnnc2CNC(C)C)cc1. The van der Waals surface area contributed by atoms with Gasteiger partial charge in [-0.1, -0.05) is 32.9 Å². The average molecular weight is 245 g/mol. The molecule has 0 aliphatic carbocycles. The summed E-state index contributed by atoms with van der Waals surface area (Å²) in [5.74, 6) is 0.827. The first-order valence-corrected chi connectivity index (χ1v) is 6.30. The monoisotopic (exact) mass is 245 g/mol. The third-order valence-corrected chi connectivity index (χ3v) is 2.79. The highest BCUT2D eigenvalue weighted by atomic mass is 15.5. The first kappa shape index (κ1) is 12.7. The highest BCUT2D eigenvalue weighted by Crippen LogP contribution is 2.10. The number of nitrogens with one attached hydrogen (secondary N) is 1. The Balaban J connectivity index is 2.19. The van der Waals surface area contributed by atoms with Crippen molar-refractivity contribution in [3.63, 3.8) is 0 Å². The van der Waals surface area contributed by atoms with Crippen LogP contribution in [0, 0.1) is 0 Å². The minimum Gasteiger partial charge on any atom is -0.308 e. The summed E-state index contributed by atoms with van der Waals surface area (Å²) in [4.78, 5) is 0. The Kier molecular flexibility index (Phi) is 4.04. The fourth-order valence-corrected chi connectivity index (χ4v) is 1.68. The van der Waals surface area contributed by atoms with Crippen molar-refractivity contribution in [3.8, 4) is 5.69 Å². The van der Waals surface area contributed by atoms with Gasteiger partial charge in [-0.3, -0.25) is 0 Å². The predicted octanol–water partition coefficient (Wildman–Crippen LogP) is 1.72. The van der Waals surface area contributed by atoms with Crippen LogP contribution < -0.4 is 5.32 Å². The largest absolute Gasteiger partial charge is 0.308 e. The Hall–Kier alpha value is -1.75. The van der Waals surface area contributed by atoms with E-state index in [4.69, 9.17) is 0 Å². The summed E-state index contributed by atoms with van der Waals surface area (Å²) >= 11 is 0. The van der Waals surface area contributed by atoms with Gasteiger partial charge in [0.05, 0.1) is 12.2 Å². The van der Waals surface area contributed by atoms with E-state index in [9.17, 15) is 0 Å². The van der Waals surface area contributed by atoms with Gasteiger partial charge in [-0.15, -0.1) is 5.10 Å². The molecule has 1 aromatic carbocycles. The second kappa shape index (κ2) is 5.73. The van der Waals surface area contributed by atoms with Crippen molar-refractivity contribution in [3.05, 3.63) is 35.7 Å². The van der Waals surface area contributed by atoms with Gasteiger partial charge in [0.2, 0.25) is 0 Å². The summed E-state index contributed by atoms with van der Waals surface area (Å²) in [5.41, 5.74) is 2.31. The van der Waals surface area contributed by atoms with Crippen LogP contribution in [0.2, 0.25) is 0 Å². The molecule has 2 aromatic rings. The van der Waals surface area contributed by atoms with Crippen LogP contribution in [0.1, 0.15) is 32.2 Å². The van der Waals surface area contributed by atoms with Crippen molar-refractivity contribution >= 4 is 0 Å². The number of benzene rings is 1. The van der Waals surface area contributed by atoms with E-state index in [1.165, 1.54) is 5.56 Å². The molecule has 0 amide bonds. The van der Waals surface area contributed by atoms with E-state index in [1.807, 2.05) is 12.1 Å². The molecule has 0 fully saturated rings. The van der Waals surface area contributed by atoms with Gasteiger partial charge in [-0.2, -0.15) is 4.68 Å². The Labute approximate surface area is 107 Å². The Morgan fingerprint density at radius 1 is 1.22 bits per heavy atom. The standard InChI is InChI=1S/C13H19N5/c1-4-11-5-7-12(8-6-11)18-13(15-16-17-18)9-14-10(2)3/h5-8,10,14H,4,9H2,1-3H3. The first-order chi connectivity index (χ1) is 8.70. The maximum atomic E-state index is 4.05. The van der Waals surface area contributed by atoms with Crippen molar-refractivity contribution in [2.45, 2.75) is 39.8 Å². The summed E-state index contributed by atoms with van der Waals surface area (Å²) in [6.45, 7) is 7.01. The number of hydrogen-bond acceptors (Lipinski definition) is 4. The molecule has 0 saturated heterocycles. The van der Waals surface area contributed by atoms with E-state index in [0.29, 0.717) is 12.6 Å². The zero-order valence-electron chi connectivity index (χ0n) is 11.1. The fourth-order valence-electron chi connectivity index (χ4n) is 1.68. The van der Waals surface area contributed by atoms with Crippen LogP contribution in [0.5, 0.6) is 0 Å². The highest BCUT2D eigenvalue weighted by molar-refractivity contribution is 5.34. The number of aryl methyl sites for hydroxylation is 1. The number of tetrazole rings is 1. The predicted molar refractivity (Wildman–Crippen MR) is 70.5 cm³/mol. The van der Waals surface area contributed by atoms with Gasteiger partial charge in [-0.05, 0) is 34.5 Å². The number of rotatable bonds is 5. The van der Waals surface area contributed by atoms with Crippen LogP contribution in [-0.4, -0.2) is 26.2 Å². The van der Waals surface area contributed by atoms with Gasteiger partial charge in [-0.25, -0.2) is 0 Å². The topological polar surface area (TPSA) is 55.6 Å². The molecule has 0 spiro atoms. The summed E-state index contributed by atoms with van der Waals surface area (Å²) < 4.78 is 1.77. The minimum atomic E-state index is 0.414. The van der Waals surface area contributed by atoms with Crippen molar-refractivity contribution < 1.29 is 0 Å². The molecule has 0 aliphatic rings. The number of nitrogens with zero attached hydrogens (tertiary/aromatic N) is 4. The minimum absolute atomic E-state index is 0.414. The lowest BCUT2D eigenvalue weighted by atomic mass is 10.1. The average Bonchev–Trinajstić information content (AvgIpc) is 2.85. The van der Waals surface area contributed by atoms with E-state index in [1.54, 1.807) is 4.68 Å². The third-order valence-electron chi connectivity index (χ3n) is 2.79. The Morgan fingerprint density at radius 3 is 2.56 bits per heavy atom. The quantitative estimate of drug-likeness (QED) is 0.871. The van der Waals surface area contributed by atoms with Crippen molar-refractivity contribution in [2.24, 2.45) is 0 Å². The normalized spacial score (nSPS) is 11.1. The van der Waals surface area contributed by atoms with Gasteiger partial charge in [0.25, 0.3) is 0 Å². The van der Waals surface area contributed by atoms with E-state index >= 15 is 0 Å². The molecule has 0 saturated carbocycles. The lowest BCUT2D eigenvalue weighted by Crippen LogP contribution is -2.24. The molecule has 5 nitrogen and oxygen atoms in total. The van der Waals surface area contributed by atoms with E-state index < -0.39 is 0 Å². The summed E-state index contributed by atoms with van der Waals surface area (Å²) in [6.07, 6.45) is 1.04. The molecule has 18 heavy (non-hydrogen) atoms. The fraction of sp³-hybridized carbons (Fsp3) is 0.462. The lowest BCUT2D eigenvalue weighted by Gasteiger charge is -2.08. The zero-order valence-corrected chi connectivity index (χ0v) is 11.1. The van der Waals surface area contributed by atoms with Gasteiger partial charge < -0.3 is 5.32 Å². The molecular formula is C13H19N5. The van der Waals surface area contributed by atoms with Crippen LogP contribution in [-0.2, 0) is 13.0 Å². The number of hydrogen-bond donors (Lipinski definition) is 1. The Bertz CT molecular complexity index is 486. The molecule has 0 atom stereocenters. The van der Waals surface area contributed by atoms with Crippen LogP contribution >= 0.6 is 0 Å². The maximum absolute atomic E-state index is 4.05. The molecule has 0 radical (unpaired) electrons. The van der Waals surface area contributed by atoms with Crippen LogP contribution in [0.4, 0.5) is 0 Å². The van der Waals surface area contributed by atoms with Crippen molar-refractivity contribution in [1.29, 1.82) is 0 Å². The highest BCUT2D eigenvalue weighted by Gasteiger charge is 2.08. The molecule has 2 rings (SSSR count). The summed E-state index contributed by atoms with van der Waals surface area (Å²) in [7, 11) is 0. The molecule has 96 valence electrons. The number of aromatic nitrogens is 4. The zero-order chi connectivity index (χ0) is 13.0. The molecule has 5 heteroatoms. The first-order valence-electron chi connectivity index (χ1n) is 6.30. The third kappa shape index (κ3) is 2.92. The van der Waals surface area contributed by atoms with Crippen molar-refractivity contribution in [1.82, 2.24) is 25.5 Å². The lowest BCUT2D eigenvalue weighted by molar-refractivity contribution is 0.563. The molecule has 1 N–H and O–H groups in total. The van der Waals surface area contributed by atoms with Crippen LogP contribution in [0.15, 0.2) is 24.3 Å². The second-order valence-corrected chi connectivity index (χ2v) is 4.56. The van der Waals surface area contributed by atoms with E-state index in [-0.39, 0.29) is 0 Å². The summed E-state index contributed by atoms with van der Waals surface area (Å²) in [5, 5.41) is 15.1. The van der Waals surface area contributed by atoms with Gasteiger partial charge in [0.1, 0.15) is 0 Å². The molecule has 0 unspecified atom stereocenters. The maximum Gasteiger partial charge on any atom is 0.170 e. The van der Waals surface area contributed by atoms with Gasteiger partial charge >= 0.3 is 0 Å². The second-order valence-electron chi connectivity index (χ2n) is 4.56. The van der Waals surface area contributed by atoms with E-state index in [0.717, 1.165) is 17.9 Å². The molecule has 1 aromatic heterocycles. The van der Waals surface area contributed by atoms with Crippen molar-refractivity contribution in [2.75, 3.05) is 0 Å². The van der Waals surface area contributed by atoms with Crippen LogP contribution in [0.3, 0.4) is 0 Å².